The Bertz CT molecular complexity index is 770. The third-order valence-electron chi connectivity index (χ3n) is 5.93. The third kappa shape index (κ3) is 3.72. The van der Waals surface area contributed by atoms with E-state index in [2.05, 4.69) is 25.8 Å². The van der Waals surface area contributed by atoms with Crippen molar-refractivity contribution in [3.8, 4) is 11.5 Å². The maximum atomic E-state index is 5.63. The number of anilines is 1. The van der Waals surface area contributed by atoms with Crippen molar-refractivity contribution in [2.45, 2.75) is 25.8 Å². The van der Waals surface area contributed by atoms with Gasteiger partial charge in [-0.15, -0.1) is 0 Å². The predicted molar refractivity (Wildman–Crippen MR) is 105 cm³/mol. The van der Waals surface area contributed by atoms with Crippen molar-refractivity contribution in [1.29, 1.82) is 0 Å². The fourth-order valence-corrected chi connectivity index (χ4v) is 4.68. The van der Waals surface area contributed by atoms with E-state index in [1.807, 2.05) is 18.3 Å². The molecule has 0 amide bonds. The monoisotopic (exact) mass is 368 g/mol. The van der Waals surface area contributed by atoms with Crippen molar-refractivity contribution in [1.82, 2.24) is 14.9 Å². The number of hydrogen-bond acceptors (Lipinski definition) is 6. The quantitative estimate of drug-likeness (QED) is 0.809. The van der Waals surface area contributed by atoms with E-state index < -0.39 is 0 Å². The van der Waals surface area contributed by atoms with Crippen molar-refractivity contribution in [2.24, 2.45) is 5.41 Å². The standard InChI is InChI=1S/C21H28N4O2/c1-26-18-6-3-5-17(20(18)27-2)14-24-11-4-7-21(15-24)8-12-25(16-21)19-13-22-9-10-23-19/h3,5-6,9-10,13H,4,7-8,11-12,14-16H2,1-2H3/t21-/m0/s1. The number of rotatable bonds is 5. The summed E-state index contributed by atoms with van der Waals surface area (Å²) in [7, 11) is 3.41. The lowest BCUT2D eigenvalue weighted by molar-refractivity contribution is 0.0983. The summed E-state index contributed by atoms with van der Waals surface area (Å²) in [6.45, 7) is 5.27. The molecular weight excluding hydrogens is 340 g/mol. The second kappa shape index (κ2) is 7.72. The second-order valence-electron chi connectivity index (χ2n) is 7.70. The van der Waals surface area contributed by atoms with E-state index in [1.165, 1.54) is 24.8 Å². The van der Waals surface area contributed by atoms with Gasteiger partial charge in [0.05, 0.1) is 20.4 Å². The molecule has 0 N–H and O–H groups in total. The highest BCUT2D eigenvalue weighted by molar-refractivity contribution is 5.46. The van der Waals surface area contributed by atoms with Crippen LogP contribution in [0.2, 0.25) is 0 Å². The lowest BCUT2D eigenvalue weighted by Gasteiger charge is -2.40. The molecule has 1 spiro atoms. The zero-order valence-corrected chi connectivity index (χ0v) is 16.2. The summed E-state index contributed by atoms with van der Waals surface area (Å²) in [4.78, 5) is 13.7. The smallest absolute Gasteiger partial charge is 0.165 e. The van der Waals surface area contributed by atoms with Crippen LogP contribution in [-0.2, 0) is 6.54 Å². The van der Waals surface area contributed by atoms with Gasteiger partial charge in [0.2, 0.25) is 0 Å². The molecule has 0 saturated carbocycles. The minimum Gasteiger partial charge on any atom is -0.493 e. The Labute approximate surface area is 161 Å². The zero-order valence-electron chi connectivity index (χ0n) is 16.2. The largest absolute Gasteiger partial charge is 0.493 e. The van der Waals surface area contributed by atoms with E-state index in [1.54, 1.807) is 26.6 Å². The minimum atomic E-state index is 0.349. The summed E-state index contributed by atoms with van der Waals surface area (Å²) in [6.07, 6.45) is 9.13. The maximum Gasteiger partial charge on any atom is 0.165 e. The Hall–Kier alpha value is -2.34. The Morgan fingerprint density at radius 1 is 1.07 bits per heavy atom. The summed E-state index contributed by atoms with van der Waals surface area (Å²) in [5.41, 5.74) is 1.54. The minimum absolute atomic E-state index is 0.349. The predicted octanol–water partition coefficient (Wildman–Crippen LogP) is 2.99. The second-order valence-corrected chi connectivity index (χ2v) is 7.70. The van der Waals surface area contributed by atoms with Gasteiger partial charge in [-0.05, 0) is 31.9 Å². The molecule has 0 bridgehead atoms. The number of piperidine rings is 1. The van der Waals surface area contributed by atoms with Crippen LogP contribution in [0.25, 0.3) is 0 Å². The van der Waals surface area contributed by atoms with Crippen LogP contribution in [0.5, 0.6) is 11.5 Å². The van der Waals surface area contributed by atoms with Gasteiger partial charge in [-0.25, -0.2) is 4.98 Å². The van der Waals surface area contributed by atoms with Gasteiger partial charge in [-0.3, -0.25) is 9.88 Å². The molecule has 27 heavy (non-hydrogen) atoms. The molecule has 1 aromatic heterocycles. The Morgan fingerprint density at radius 2 is 2.00 bits per heavy atom. The van der Waals surface area contributed by atoms with E-state index in [-0.39, 0.29) is 0 Å². The molecule has 4 rings (SSSR count). The molecule has 2 aliphatic heterocycles. The lowest BCUT2D eigenvalue weighted by Crippen LogP contribution is -2.44. The van der Waals surface area contributed by atoms with Crippen molar-refractivity contribution >= 4 is 5.82 Å². The summed E-state index contributed by atoms with van der Waals surface area (Å²) in [5, 5.41) is 0. The SMILES string of the molecule is COc1cccc(CN2CCC[C@]3(CCN(c4cnccn4)C3)C2)c1OC. The van der Waals surface area contributed by atoms with Gasteiger partial charge in [-0.1, -0.05) is 12.1 Å². The molecule has 1 aromatic carbocycles. The highest BCUT2D eigenvalue weighted by atomic mass is 16.5. The number of ether oxygens (including phenoxy) is 2. The van der Waals surface area contributed by atoms with Crippen molar-refractivity contribution in [3.05, 3.63) is 42.4 Å². The highest BCUT2D eigenvalue weighted by Crippen LogP contribution is 2.41. The number of benzene rings is 1. The molecule has 0 aliphatic carbocycles. The number of nitrogens with zero attached hydrogens (tertiary/aromatic N) is 4. The van der Waals surface area contributed by atoms with Gasteiger partial charge in [0.15, 0.2) is 11.5 Å². The molecular formula is C21H28N4O2. The van der Waals surface area contributed by atoms with Crippen LogP contribution in [0.15, 0.2) is 36.8 Å². The fraction of sp³-hybridized carbons (Fsp3) is 0.524. The molecule has 0 unspecified atom stereocenters. The molecule has 144 valence electrons. The maximum absolute atomic E-state index is 5.63. The molecule has 1 atom stereocenters. The summed E-state index contributed by atoms with van der Waals surface area (Å²) in [6, 6.07) is 6.14. The van der Waals surface area contributed by atoms with Gasteiger partial charge in [0.1, 0.15) is 5.82 Å². The lowest BCUT2D eigenvalue weighted by atomic mass is 9.79. The third-order valence-corrected chi connectivity index (χ3v) is 5.93. The molecule has 0 radical (unpaired) electrons. The number of hydrogen-bond donors (Lipinski definition) is 0. The molecule has 2 aromatic rings. The average Bonchev–Trinajstić information content (AvgIpc) is 3.11. The summed E-state index contributed by atoms with van der Waals surface area (Å²) in [5.74, 6) is 2.66. The van der Waals surface area contributed by atoms with E-state index in [0.29, 0.717) is 5.41 Å². The first kappa shape index (κ1) is 18.0. The molecule has 2 fully saturated rings. The number of para-hydroxylation sites is 1. The van der Waals surface area contributed by atoms with E-state index in [4.69, 9.17) is 9.47 Å². The topological polar surface area (TPSA) is 50.7 Å². The molecule has 6 nitrogen and oxygen atoms in total. The van der Waals surface area contributed by atoms with E-state index in [9.17, 15) is 0 Å². The van der Waals surface area contributed by atoms with Crippen LogP contribution in [-0.4, -0.2) is 55.3 Å². The Kier molecular flexibility index (Phi) is 5.16. The van der Waals surface area contributed by atoms with Gasteiger partial charge in [0.25, 0.3) is 0 Å². The number of methoxy groups -OCH3 is 2. The van der Waals surface area contributed by atoms with Crippen molar-refractivity contribution < 1.29 is 9.47 Å². The number of aromatic nitrogens is 2. The van der Waals surface area contributed by atoms with Crippen LogP contribution in [0.1, 0.15) is 24.8 Å². The van der Waals surface area contributed by atoms with E-state index >= 15 is 0 Å². The van der Waals surface area contributed by atoms with Crippen LogP contribution in [0.3, 0.4) is 0 Å². The van der Waals surface area contributed by atoms with Crippen LogP contribution < -0.4 is 14.4 Å². The highest BCUT2D eigenvalue weighted by Gasteiger charge is 2.41. The summed E-state index contributed by atoms with van der Waals surface area (Å²) >= 11 is 0. The first-order chi connectivity index (χ1) is 13.2. The van der Waals surface area contributed by atoms with Crippen LogP contribution in [0.4, 0.5) is 5.82 Å². The molecule has 2 aliphatic rings. The van der Waals surface area contributed by atoms with Gasteiger partial charge in [0, 0.05) is 49.6 Å². The van der Waals surface area contributed by atoms with Gasteiger partial charge < -0.3 is 14.4 Å². The first-order valence-electron chi connectivity index (χ1n) is 9.66. The van der Waals surface area contributed by atoms with Crippen molar-refractivity contribution in [2.75, 3.05) is 45.3 Å². The molecule has 6 heteroatoms. The number of likely N-dealkylation sites (tertiary alicyclic amines) is 1. The molecule has 2 saturated heterocycles. The van der Waals surface area contributed by atoms with Crippen molar-refractivity contribution in [3.63, 3.8) is 0 Å². The Morgan fingerprint density at radius 3 is 2.78 bits per heavy atom. The van der Waals surface area contributed by atoms with Gasteiger partial charge >= 0.3 is 0 Å². The Balaban J connectivity index is 1.46. The molecule has 3 heterocycles. The normalized spacial score (nSPS) is 23.0. The summed E-state index contributed by atoms with van der Waals surface area (Å²) < 4.78 is 11.1. The average molecular weight is 368 g/mol. The van der Waals surface area contributed by atoms with Gasteiger partial charge in [-0.2, -0.15) is 0 Å². The van der Waals surface area contributed by atoms with E-state index in [0.717, 1.165) is 50.0 Å². The van der Waals surface area contributed by atoms with Crippen LogP contribution >= 0.6 is 0 Å². The fourth-order valence-electron chi connectivity index (χ4n) is 4.68. The first-order valence-corrected chi connectivity index (χ1v) is 9.66. The zero-order chi connectivity index (χ0) is 18.7. The van der Waals surface area contributed by atoms with Crippen LogP contribution in [0, 0.1) is 5.41 Å².